The average molecular weight is 418 g/mol. The smallest absolute Gasteiger partial charge is 0.221 e. The third-order valence-electron chi connectivity index (χ3n) is 4.96. The van der Waals surface area contributed by atoms with E-state index in [9.17, 15) is 9.90 Å². The number of anilines is 2. The molecule has 7 heteroatoms. The third-order valence-corrected chi connectivity index (χ3v) is 5.21. The fraction of sp³-hybridized carbons (Fsp3) is 0.409. The quantitative estimate of drug-likeness (QED) is 0.690. The predicted molar refractivity (Wildman–Crippen MR) is 117 cm³/mol. The molecular weight excluding hydrogens is 390 g/mol. The zero-order chi connectivity index (χ0) is 20.6. The van der Waals surface area contributed by atoms with Gasteiger partial charge >= 0.3 is 0 Å². The van der Waals surface area contributed by atoms with E-state index in [1.807, 2.05) is 12.1 Å². The molecule has 156 valence electrons. The highest BCUT2D eigenvalue weighted by atomic mass is 35.5. The lowest BCUT2D eigenvalue weighted by Crippen LogP contribution is -2.47. The summed E-state index contributed by atoms with van der Waals surface area (Å²) in [4.78, 5) is 15.8. The van der Waals surface area contributed by atoms with Crippen molar-refractivity contribution in [2.24, 2.45) is 0 Å². The topological polar surface area (TPSA) is 65.0 Å². The monoisotopic (exact) mass is 417 g/mol. The normalized spacial score (nSPS) is 15.8. The first-order valence-corrected chi connectivity index (χ1v) is 10.3. The van der Waals surface area contributed by atoms with Crippen LogP contribution in [0.2, 0.25) is 5.02 Å². The molecule has 1 amide bonds. The lowest BCUT2D eigenvalue weighted by molar-refractivity contribution is -0.114. The Hall–Kier alpha value is -2.28. The Bertz CT molecular complexity index is 775. The van der Waals surface area contributed by atoms with Crippen molar-refractivity contribution in [2.45, 2.75) is 19.4 Å². The Morgan fingerprint density at radius 2 is 1.76 bits per heavy atom. The molecule has 3 rings (SSSR count). The van der Waals surface area contributed by atoms with Crippen molar-refractivity contribution >= 4 is 28.9 Å². The van der Waals surface area contributed by atoms with Gasteiger partial charge in [-0.3, -0.25) is 9.69 Å². The molecule has 2 aromatic rings. The number of benzene rings is 2. The molecule has 1 unspecified atom stereocenters. The molecule has 0 aliphatic carbocycles. The van der Waals surface area contributed by atoms with Gasteiger partial charge in [0.1, 0.15) is 12.4 Å². The van der Waals surface area contributed by atoms with Crippen LogP contribution in [0.5, 0.6) is 5.75 Å². The van der Waals surface area contributed by atoms with Crippen LogP contribution in [0.15, 0.2) is 48.5 Å². The molecule has 2 aromatic carbocycles. The predicted octanol–water partition coefficient (Wildman–Crippen LogP) is 3.25. The van der Waals surface area contributed by atoms with E-state index in [2.05, 4.69) is 27.2 Å². The van der Waals surface area contributed by atoms with Gasteiger partial charge in [0.2, 0.25) is 5.91 Å². The first kappa shape index (κ1) is 21.4. The fourth-order valence-corrected chi connectivity index (χ4v) is 3.45. The SMILES string of the molecule is CC(=O)Nc1ccc(OCC(O)CCN2CCN(c3ccc(Cl)cc3)CC2)cc1. The molecule has 2 N–H and O–H groups in total. The Balaban J connectivity index is 1.34. The van der Waals surface area contributed by atoms with Crippen molar-refractivity contribution in [3.05, 3.63) is 53.6 Å². The highest BCUT2D eigenvalue weighted by Crippen LogP contribution is 2.20. The number of aliphatic hydroxyl groups is 1. The highest BCUT2D eigenvalue weighted by molar-refractivity contribution is 6.30. The van der Waals surface area contributed by atoms with E-state index >= 15 is 0 Å². The number of halogens is 1. The van der Waals surface area contributed by atoms with Gasteiger partial charge in [0.25, 0.3) is 0 Å². The molecular formula is C22H28ClN3O3. The maximum Gasteiger partial charge on any atom is 0.221 e. The van der Waals surface area contributed by atoms with Crippen LogP contribution in [0.25, 0.3) is 0 Å². The largest absolute Gasteiger partial charge is 0.491 e. The van der Waals surface area contributed by atoms with E-state index < -0.39 is 6.10 Å². The zero-order valence-corrected chi connectivity index (χ0v) is 17.4. The van der Waals surface area contributed by atoms with Gasteiger partial charge in [-0.15, -0.1) is 0 Å². The van der Waals surface area contributed by atoms with E-state index in [0.717, 1.165) is 43.4 Å². The number of carbonyl (C=O) groups excluding carboxylic acids is 1. The second-order valence-electron chi connectivity index (χ2n) is 7.26. The van der Waals surface area contributed by atoms with Crippen molar-refractivity contribution in [2.75, 3.05) is 49.5 Å². The molecule has 1 aliphatic rings. The maximum atomic E-state index is 11.0. The summed E-state index contributed by atoms with van der Waals surface area (Å²) in [5.74, 6) is 0.567. The van der Waals surface area contributed by atoms with Crippen LogP contribution >= 0.6 is 11.6 Å². The molecule has 0 spiro atoms. The first-order chi connectivity index (χ1) is 14.0. The summed E-state index contributed by atoms with van der Waals surface area (Å²) in [6.07, 6.45) is 0.157. The Morgan fingerprint density at radius 1 is 1.10 bits per heavy atom. The van der Waals surface area contributed by atoms with Gasteiger partial charge < -0.3 is 20.1 Å². The van der Waals surface area contributed by atoms with Crippen LogP contribution < -0.4 is 15.0 Å². The number of piperazine rings is 1. The second kappa shape index (κ2) is 10.5. The maximum absolute atomic E-state index is 11.0. The number of hydrogen-bond acceptors (Lipinski definition) is 5. The van der Waals surface area contributed by atoms with Gasteiger partial charge in [0, 0.05) is 56.0 Å². The number of ether oxygens (including phenoxy) is 1. The Labute approximate surface area is 177 Å². The Kier molecular flexibility index (Phi) is 7.75. The highest BCUT2D eigenvalue weighted by Gasteiger charge is 2.18. The minimum Gasteiger partial charge on any atom is -0.491 e. The van der Waals surface area contributed by atoms with Crippen LogP contribution in [0.3, 0.4) is 0 Å². The summed E-state index contributed by atoms with van der Waals surface area (Å²) < 4.78 is 5.65. The van der Waals surface area contributed by atoms with E-state index in [1.54, 1.807) is 24.3 Å². The number of nitrogens with zero attached hydrogens (tertiary/aromatic N) is 2. The molecule has 1 saturated heterocycles. The number of carbonyl (C=O) groups is 1. The molecule has 0 bridgehead atoms. The number of rotatable bonds is 8. The van der Waals surface area contributed by atoms with Crippen LogP contribution in [0.1, 0.15) is 13.3 Å². The molecule has 1 aliphatic heterocycles. The standard InChI is InChI=1S/C22H28ClN3O3/c1-17(27)24-19-4-8-22(9-5-19)29-16-21(28)10-11-25-12-14-26(15-13-25)20-6-2-18(23)3-7-20/h2-9,21,28H,10-16H2,1H3,(H,24,27). The van der Waals surface area contributed by atoms with Crippen molar-refractivity contribution in [1.29, 1.82) is 0 Å². The number of hydrogen-bond donors (Lipinski definition) is 2. The summed E-state index contributed by atoms with van der Waals surface area (Å²) >= 11 is 5.96. The van der Waals surface area contributed by atoms with Crippen molar-refractivity contribution in [3.8, 4) is 5.75 Å². The molecule has 1 fully saturated rings. The first-order valence-electron chi connectivity index (χ1n) is 9.91. The van der Waals surface area contributed by atoms with Gasteiger partial charge in [-0.25, -0.2) is 0 Å². The second-order valence-corrected chi connectivity index (χ2v) is 7.70. The number of nitrogens with one attached hydrogen (secondary N) is 1. The van der Waals surface area contributed by atoms with Crippen molar-refractivity contribution in [1.82, 2.24) is 4.90 Å². The fourth-order valence-electron chi connectivity index (χ4n) is 3.33. The lowest BCUT2D eigenvalue weighted by atomic mass is 10.2. The van der Waals surface area contributed by atoms with E-state index in [4.69, 9.17) is 16.3 Å². The molecule has 1 heterocycles. The lowest BCUT2D eigenvalue weighted by Gasteiger charge is -2.36. The molecule has 29 heavy (non-hydrogen) atoms. The van der Waals surface area contributed by atoms with Crippen molar-refractivity contribution in [3.63, 3.8) is 0 Å². The van der Waals surface area contributed by atoms with Gasteiger partial charge in [0.05, 0.1) is 6.10 Å². The van der Waals surface area contributed by atoms with Crippen LogP contribution in [-0.2, 0) is 4.79 Å². The third kappa shape index (κ3) is 6.92. The van der Waals surface area contributed by atoms with Crippen LogP contribution in [-0.4, -0.2) is 61.3 Å². The van der Waals surface area contributed by atoms with Gasteiger partial charge in [-0.2, -0.15) is 0 Å². The summed E-state index contributed by atoms with van der Waals surface area (Å²) in [5.41, 5.74) is 1.93. The van der Waals surface area contributed by atoms with E-state index in [1.165, 1.54) is 12.6 Å². The number of aliphatic hydroxyl groups excluding tert-OH is 1. The molecule has 0 radical (unpaired) electrons. The summed E-state index contributed by atoms with van der Waals surface area (Å²) in [6.45, 7) is 6.45. The average Bonchev–Trinajstić information content (AvgIpc) is 2.72. The Morgan fingerprint density at radius 3 is 2.38 bits per heavy atom. The van der Waals surface area contributed by atoms with Gasteiger partial charge in [0.15, 0.2) is 0 Å². The summed E-state index contributed by atoms with van der Waals surface area (Å²) in [7, 11) is 0. The molecule has 6 nitrogen and oxygen atoms in total. The van der Waals surface area contributed by atoms with Crippen molar-refractivity contribution < 1.29 is 14.6 Å². The molecule has 0 aromatic heterocycles. The summed E-state index contributed by atoms with van der Waals surface area (Å²) in [6, 6.07) is 15.1. The van der Waals surface area contributed by atoms with Gasteiger partial charge in [-0.1, -0.05) is 11.6 Å². The minimum atomic E-state index is -0.515. The minimum absolute atomic E-state index is 0.108. The number of amides is 1. The van der Waals surface area contributed by atoms with Crippen LogP contribution in [0, 0.1) is 0 Å². The van der Waals surface area contributed by atoms with E-state index in [0.29, 0.717) is 12.2 Å². The van der Waals surface area contributed by atoms with Crippen LogP contribution in [0.4, 0.5) is 11.4 Å². The van der Waals surface area contributed by atoms with Gasteiger partial charge in [-0.05, 0) is 55.0 Å². The molecule has 0 saturated carbocycles. The zero-order valence-electron chi connectivity index (χ0n) is 16.7. The summed E-state index contributed by atoms with van der Waals surface area (Å²) in [5, 5.41) is 13.7. The van der Waals surface area contributed by atoms with E-state index in [-0.39, 0.29) is 12.5 Å². The molecule has 1 atom stereocenters.